The highest BCUT2D eigenvalue weighted by molar-refractivity contribution is 6.02. The van der Waals surface area contributed by atoms with Crippen LogP contribution in [0.2, 0.25) is 0 Å². The van der Waals surface area contributed by atoms with E-state index in [1.807, 2.05) is 0 Å². The second-order valence-electron chi connectivity index (χ2n) is 6.13. The largest absolute Gasteiger partial charge is 0.497 e. The molecule has 1 saturated heterocycles. The van der Waals surface area contributed by atoms with E-state index >= 15 is 0 Å². The van der Waals surface area contributed by atoms with Crippen molar-refractivity contribution in [1.29, 1.82) is 0 Å². The summed E-state index contributed by atoms with van der Waals surface area (Å²) in [6, 6.07) is 11.5. The van der Waals surface area contributed by atoms with Gasteiger partial charge in [-0.1, -0.05) is 6.07 Å². The first-order chi connectivity index (χ1) is 13.6. The molecule has 3 amide bonds. The van der Waals surface area contributed by atoms with Crippen LogP contribution in [0.3, 0.4) is 0 Å². The number of anilines is 2. The molecule has 1 fully saturated rings. The third kappa shape index (κ3) is 4.72. The van der Waals surface area contributed by atoms with Crippen LogP contribution < -0.4 is 20.1 Å². The van der Waals surface area contributed by atoms with Crippen molar-refractivity contribution in [2.24, 2.45) is 0 Å². The number of nitrogens with one attached hydrogen (secondary N) is 2. The molecule has 8 heteroatoms. The van der Waals surface area contributed by atoms with Crippen LogP contribution in [-0.2, 0) is 4.74 Å². The lowest BCUT2D eigenvalue weighted by Gasteiger charge is -2.27. The molecule has 0 saturated carbocycles. The molecule has 0 radical (unpaired) electrons. The summed E-state index contributed by atoms with van der Waals surface area (Å²) in [5.74, 6) is 1.02. The van der Waals surface area contributed by atoms with Gasteiger partial charge in [0, 0.05) is 30.4 Å². The number of nitrogens with zero attached hydrogens (tertiary/aromatic N) is 1. The van der Waals surface area contributed by atoms with E-state index in [1.54, 1.807) is 54.5 Å². The molecule has 28 heavy (non-hydrogen) atoms. The summed E-state index contributed by atoms with van der Waals surface area (Å²) >= 11 is 0. The van der Waals surface area contributed by atoms with Gasteiger partial charge in [-0.05, 0) is 30.3 Å². The Labute approximate surface area is 163 Å². The van der Waals surface area contributed by atoms with E-state index in [9.17, 15) is 9.59 Å². The van der Waals surface area contributed by atoms with Crippen LogP contribution in [0, 0.1) is 0 Å². The topological polar surface area (TPSA) is 89.1 Å². The Morgan fingerprint density at radius 1 is 1.00 bits per heavy atom. The molecule has 0 aromatic heterocycles. The normalized spacial score (nSPS) is 13.6. The first-order valence-electron chi connectivity index (χ1n) is 8.88. The molecule has 1 heterocycles. The molecule has 1 aliphatic heterocycles. The molecule has 3 rings (SSSR count). The van der Waals surface area contributed by atoms with E-state index in [4.69, 9.17) is 14.2 Å². The number of rotatable bonds is 5. The summed E-state index contributed by atoms with van der Waals surface area (Å²) in [4.78, 5) is 26.7. The fourth-order valence-electron chi connectivity index (χ4n) is 2.88. The molecule has 2 aromatic rings. The maximum atomic E-state index is 12.6. The first kappa shape index (κ1) is 19.5. The number of benzene rings is 2. The van der Waals surface area contributed by atoms with Crippen LogP contribution in [-0.4, -0.2) is 57.4 Å². The van der Waals surface area contributed by atoms with Crippen LogP contribution >= 0.6 is 0 Å². The van der Waals surface area contributed by atoms with E-state index in [-0.39, 0.29) is 5.91 Å². The predicted molar refractivity (Wildman–Crippen MR) is 105 cm³/mol. The monoisotopic (exact) mass is 385 g/mol. The minimum atomic E-state index is -0.456. The van der Waals surface area contributed by atoms with E-state index in [1.165, 1.54) is 7.11 Å². The quantitative estimate of drug-likeness (QED) is 0.826. The number of morpholine rings is 1. The Kier molecular flexibility index (Phi) is 6.33. The lowest BCUT2D eigenvalue weighted by Crippen LogP contribution is -2.40. The van der Waals surface area contributed by atoms with Crippen LogP contribution in [0.25, 0.3) is 0 Å². The number of amides is 3. The van der Waals surface area contributed by atoms with Crippen molar-refractivity contribution in [2.45, 2.75) is 0 Å². The van der Waals surface area contributed by atoms with Gasteiger partial charge in [0.25, 0.3) is 5.91 Å². The van der Waals surface area contributed by atoms with Gasteiger partial charge in [-0.2, -0.15) is 0 Å². The van der Waals surface area contributed by atoms with Crippen molar-refractivity contribution < 1.29 is 23.8 Å². The molecule has 0 bridgehead atoms. The van der Waals surface area contributed by atoms with Crippen molar-refractivity contribution in [2.75, 3.05) is 51.2 Å². The van der Waals surface area contributed by atoms with Gasteiger partial charge in [-0.15, -0.1) is 0 Å². The standard InChI is InChI=1S/C20H23N3O5/c1-26-16-6-7-18(27-2)17(13-16)22-20(25)21-15-5-3-4-14(12-15)19(24)23-8-10-28-11-9-23/h3-7,12-13H,8-11H2,1-2H3,(H2,21,22,25). The summed E-state index contributed by atoms with van der Waals surface area (Å²) in [6.07, 6.45) is 0. The van der Waals surface area contributed by atoms with Crippen LogP contribution in [0.1, 0.15) is 10.4 Å². The Morgan fingerprint density at radius 3 is 2.50 bits per heavy atom. The third-order valence-corrected chi connectivity index (χ3v) is 4.32. The number of urea groups is 1. The Hall–Kier alpha value is -3.26. The number of carbonyl (C=O) groups is 2. The third-order valence-electron chi connectivity index (χ3n) is 4.32. The highest BCUT2D eigenvalue weighted by Crippen LogP contribution is 2.29. The van der Waals surface area contributed by atoms with Gasteiger partial charge in [-0.25, -0.2) is 4.79 Å². The van der Waals surface area contributed by atoms with Crippen LogP contribution in [0.15, 0.2) is 42.5 Å². The number of methoxy groups -OCH3 is 2. The van der Waals surface area contributed by atoms with E-state index in [0.717, 1.165) is 0 Å². The molecular formula is C20H23N3O5. The summed E-state index contributed by atoms with van der Waals surface area (Å²) in [6.45, 7) is 2.20. The first-order valence-corrected chi connectivity index (χ1v) is 8.88. The smallest absolute Gasteiger partial charge is 0.323 e. The van der Waals surface area contributed by atoms with Crippen molar-refractivity contribution >= 4 is 23.3 Å². The lowest BCUT2D eigenvalue weighted by atomic mass is 10.1. The lowest BCUT2D eigenvalue weighted by molar-refractivity contribution is 0.0303. The summed E-state index contributed by atoms with van der Waals surface area (Å²) in [5.41, 5.74) is 1.50. The molecule has 2 N–H and O–H groups in total. The van der Waals surface area contributed by atoms with E-state index < -0.39 is 6.03 Å². The predicted octanol–water partition coefficient (Wildman–Crippen LogP) is 2.82. The van der Waals surface area contributed by atoms with Crippen molar-refractivity contribution in [3.63, 3.8) is 0 Å². The second kappa shape index (κ2) is 9.09. The molecule has 1 aliphatic rings. The van der Waals surface area contributed by atoms with Crippen LogP contribution in [0.4, 0.5) is 16.2 Å². The minimum Gasteiger partial charge on any atom is -0.497 e. The molecule has 8 nitrogen and oxygen atoms in total. The SMILES string of the molecule is COc1ccc(OC)c(NC(=O)Nc2cccc(C(=O)N3CCOCC3)c2)c1. The highest BCUT2D eigenvalue weighted by atomic mass is 16.5. The van der Waals surface area contributed by atoms with E-state index in [0.29, 0.717) is 54.7 Å². The van der Waals surface area contributed by atoms with Crippen molar-refractivity contribution in [1.82, 2.24) is 4.90 Å². The van der Waals surface area contributed by atoms with Crippen LogP contribution in [0.5, 0.6) is 11.5 Å². The minimum absolute atomic E-state index is 0.0816. The number of hydrogen-bond acceptors (Lipinski definition) is 5. The van der Waals surface area contributed by atoms with Crippen molar-refractivity contribution in [3.8, 4) is 11.5 Å². The molecule has 0 spiro atoms. The summed E-state index contributed by atoms with van der Waals surface area (Å²) in [5, 5.41) is 5.47. The molecule has 148 valence electrons. The second-order valence-corrected chi connectivity index (χ2v) is 6.13. The number of hydrogen-bond donors (Lipinski definition) is 2. The van der Waals surface area contributed by atoms with Gasteiger partial charge < -0.3 is 29.7 Å². The van der Waals surface area contributed by atoms with Gasteiger partial charge in [0.05, 0.1) is 33.1 Å². The molecule has 0 aliphatic carbocycles. The summed E-state index contributed by atoms with van der Waals surface area (Å²) in [7, 11) is 3.06. The zero-order chi connectivity index (χ0) is 19.9. The van der Waals surface area contributed by atoms with E-state index in [2.05, 4.69) is 10.6 Å². The average Bonchev–Trinajstić information content (AvgIpc) is 2.73. The highest BCUT2D eigenvalue weighted by Gasteiger charge is 2.19. The van der Waals surface area contributed by atoms with Gasteiger partial charge in [0.15, 0.2) is 0 Å². The molecule has 0 unspecified atom stereocenters. The van der Waals surface area contributed by atoms with Gasteiger partial charge >= 0.3 is 6.03 Å². The fraction of sp³-hybridized carbons (Fsp3) is 0.300. The average molecular weight is 385 g/mol. The van der Waals surface area contributed by atoms with Crippen molar-refractivity contribution in [3.05, 3.63) is 48.0 Å². The maximum absolute atomic E-state index is 12.6. The fourth-order valence-corrected chi connectivity index (χ4v) is 2.88. The molecule has 0 atom stereocenters. The Morgan fingerprint density at radius 2 is 1.79 bits per heavy atom. The Bertz CT molecular complexity index is 849. The number of carbonyl (C=O) groups excluding carboxylic acids is 2. The maximum Gasteiger partial charge on any atom is 0.323 e. The van der Waals surface area contributed by atoms with Gasteiger partial charge in [0.1, 0.15) is 11.5 Å². The zero-order valence-electron chi connectivity index (χ0n) is 15.9. The Balaban J connectivity index is 1.68. The number of ether oxygens (including phenoxy) is 3. The molecule has 2 aromatic carbocycles. The summed E-state index contributed by atoms with van der Waals surface area (Å²) < 4.78 is 15.7. The molecular weight excluding hydrogens is 362 g/mol. The van der Waals surface area contributed by atoms with Gasteiger partial charge in [-0.3, -0.25) is 4.79 Å². The van der Waals surface area contributed by atoms with Gasteiger partial charge in [0.2, 0.25) is 0 Å². The zero-order valence-corrected chi connectivity index (χ0v) is 15.9.